The zero-order chi connectivity index (χ0) is 10.1. The maximum absolute atomic E-state index is 9.43. The number of hydrogen-bond donors (Lipinski definition) is 2. The highest BCUT2D eigenvalue weighted by molar-refractivity contribution is 4.89. The zero-order valence-electron chi connectivity index (χ0n) is 9.24. The largest absolute Gasteiger partial charge is 0.393 e. The van der Waals surface area contributed by atoms with Crippen LogP contribution in [0.1, 0.15) is 32.6 Å². The Hall–Kier alpha value is -0.120. The van der Waals surface area contributed by atoms with E-state index < -0.39 is 0 Å². The Morgan fingerprint density at radius 1 is 1.21 bits per heavy atom. The molecule has 4 atom stereocenters. The summed E-state index contributed by atoms with van der Waals surface area (Å²) in [6.45, 7) is 3.44. The van der Waals surface area contributed by atoms with E-state index in [1.807, 2.05) is 0 Å². The molecule has 0 aromatic carbocycles. The number of likely N-dealkylation sites (N-methyl/N-ethyl adjacent to an activating group) is 1. The Balaban J connectivity index is 1.76. The summed E-state index contributed by atoms with van der Waals surface area (Å²) in [4.78, 5) is 2.41. The second kappa shape index (κ2) is 4.17. The monoisotopic (exact) mass is 198 g/mol. The van der Waals surface area contributed by atoms with Crippen LogP contribution in [0.15, 0.2) is 0 Å². The van der Waals surface area contributed by atoms with Gasteiger partial charge in [0.2, 0.25) is 0 Å². The topological polar surface area (TPSA) is 35.5 Å². The first-order chi connectivity index (χ1) is 6.65. The summed E-state index contributed by atoms with van der Waals surface area (Å²) in [5.74, 6) is 0. The Kier molecular flexibility index (Phi) is 3.10. The van der Waals surface area contributed by atoms with E-state index in [9.17, 15) is 5.11 Å². The quantitative estimate of drug-likeness (QED) is 0.681. The highest BCUT2D eigenvalue weighted by Gasteiger charge is 2.30. The SMILES string of the molecule is CC1CC(N[C@H]2CC[C@@H](O)C2)CN1C. The molecule has 0 aromatic rings. The predicted octanol–water partition coefficient (Wildman–Crippen LogP) is 0.582. The molecule has 2 N–H and O–H groups in total. The van der Waals surface area contributed by atoms with Gasteiger partial charge in [-0.1, -0.05) is 0 Å². The Bertz CT molecular complexity index is 188. The second-order valence-electron chi connectivity index (χ2n) is 5.05. The molecule has 0 aromatic heterocycles. The molecule has 1 saturated carbocycles. The van der Waals surface area contributed by atoms with Gasteiger partial charge in [-0.15, -0.1) is 0 Å². The molecule has 1 aliphatic carbocycles. The molecule has 2 unspecified atom stereocenters. The standard InChI is InChI=1S/C11H22N2O/c1-8-5-10(7-13(8)2)12-9-3-4-11(14)6-9/h8-12,14H,3-7H2,1-2H3/t8?,9-,10?,11+/m0/s1. The summed E-state index contributed by atoms with van der Waals surface area (Å²) in [5.41, 5.74) is 0. The van der Waals surface area contributed by atoms with Gasteiger partial charge in [0, 0.05) is 24.7 Å². The van der Waals surface area contributed by atoms with Crippen LogP contribution in [0, 0.1) is 0 Å². The molecule has 2 fully saturated rings. The van der Waals surface area contributed by atoms with Crippen molar-refractivity contribution in [3.63, 3.8) is 0 Å². The average Bonchev–Trinajstić information content (AvgIpc) is 2.62. The van der Waals surface area contributed by atoms with E-state index in [4.69, 9.17) is 0 Å². The second-order valence-corrected chi connectivity index (χ2v) is 5.05. The highest BCUT2D eigenvalue weighted by atomic mass is 16.3. The summed E-state index contributed by atoms with van der Waals surface area (Å²) >= 11 is 0. The molecule has 2 aliphatic rings. The van der Waals surface area contributed by atoms with Crippen LogP contribution in [0.5, 0.6) is 0 Å². The fourth-order valence-electron chi connectivity index (χ4n) is 2.76. The summed E-state index contributed by atoms with van der Waals surface area (Å²) in [5, 5.41) is 13.1. The minimum atomic E-state index is -0.0518. The number of rotatable bonds is 2. The van der Waals surface area contributed by atoms with Gasteiger partial charge in [-0.05, 0) is 39.7 Å². The van der Waals surface area contributed by atoms with Crippen molar-refractivity contribution >= 4 is 0 Å². The lowest BCUT2D eigenvalue weighted by Crippen LogP contribution is -2.38. The lowest BCUT2D eigenvalue weighted by Gasteiger charge is -2.18. The van der Waals surface area contributed by atoms with Gasteiger partial charge in [0.05, 0.1) is 6.10 Å². The smallest absolute Gasteiger partial charge is 0.0555 e. The third kappa shape index (κ3) is 2.27. The van der Waals surface area contributed by atoms with Crippen molar-refractivity contribution in [3.05, 3.63) is 0 Å². The van der Waals surface area contributed by atoms with Gasteiger partial charge in [-0.25, -0.2) is 0 Å². The summed E-state index contributed by atoms with van der Waals surface area (Å²) in [6.07, 6.45) is 4.28. The maximum atomic E-state index is 9.43. The van der Waals surface area contributed by atoms with Crippen molar-refractivity contribution in [2.45, 2.75) is 56.8 Å². The van der Waals surface area contributed by atoms with Crippen LogP contribution < -0.4 is 5.32 Å². The number of aliphatic hydroxyl groups excluding tert-OH is 1. The average molecular weight is 198 g/mol. The molecule has 0 spiro atoms. The molecule has 14 heavy (non-hydrogen) atoms. The minimum Gasteiger partial charge on any atom is -0.393 e. The predicted molar refractivity (Wildman–Crippen MR) is 57.3 cm³/mol. The summed E-state index contributed by atoms with van der Waals surface area (Å²) in [6, 6.07) is 1.91. The molecule has 2 rings (SSSR count). The van der Waals surface area contributed by atoms with E-state index in [1.165, 1.54) is 6.42 Å². The van der Waals surface area contributed by atoms with E-state index in [0.717, 1.165) is 25.8 Å². The number of aliphatic hydroxyl groups is 1. The summed E-state index contributed by atoms with van der Waals surface area (Å²) < 4.78 is 0. The lowest BCUT2D eigenvalue weighted by atomic mass is 10.1. The van der Waals surface area contributed by atoms with Gasteiger partial charge in [-0.2, -0.15) is 0 Å². The van der Waals surface area contributed by atoms with E-state index in [-0.39, 0.29) is 6.10 Å². The molecule has 1 aliphatic heterocycles. The van der Waals surface area contributed by atoms with Crippen LogP contribution in [0.25, 0.3) is 0 Å². The lowest BCUT2D eigenvalue weighted by molar-refractivity contribution is 0.178. The van der Waals surface area contributed by atoms with Crippen molar-refractivity contribution < 1.29 is 5.11 Å². The first kappa shape index (κ1) is 10.4. The Morgan fingerprint density at radius 2 is 2.00 bits per heavy atom. The highest BCUT2D eigenvalue weighted by Crippen LogP contribution is 2.22. The van der Waals surface area contributed by atoms with Gasteiger partial charge >= 0.3 is 0 Å². The molecule has 0 radical (unpaired) electrons. The first-order valence-corrected chi connectivity index (χ1v) is 5.79. The number of hydrogen-bond acceptors (Lipinski definition) is 3. The van der Waals surface area contributed by atoms with Gasteiger partial charge in [0.15, 0.2) is 0 Å². The fraction of sp³-hybridized carbons (Fsp3) is 1.00. The molecule has 3 heteroatoms. The van der Waals surface area contributed by atoms with Crippen LogP contribution in [-0.2, 0) is 0 Å². The molecule has 82 valence electrons. The van der Waals surface area contributed by atoms with Gasteiger partial charge in [0.25, 0.3) is 0 Å². The molecule has 1 saturated heterocycles. The fourth-order valence-corrected chi connectivity index (χ4v) is 2.76. The van der Waals surface area contributed by atoms with Gasteiger partial charge < -0.3 is 15.3 Å². The van der Waals surface area contributed by atoms with E-state index in [0.29, 0.717) is 18.1 Å². The van der Waals surface area contributed by atoms with Crippen LogP contribution >= 0.6 is 0 Å². The number of nitrogens with one attached hydrogen (secondary N) is 1. The molecule has 0 amide bonds. The Labute approximate surface area is 86.5 Å². The van der Waals surface area contributed by atoms with E-state index in [2.05, 4.69) is 24.2 Å². The third-order valence-corrected chi connectivity index (χ3v) is 3.76. The van der Waals surface area contributed by atoms with Gasteiger partial charge in [-0.3, -0.25) is 0 Å². The first-order valence-electron chi connectivity index (χ1n) is 5.79. The molecule has 3 nitrogen and oxygen atoms in total. The van der Waals surface area contributed by atoms with E-state index >= 15 is 0 Å². The van der Waals surface area contributed by atoms with E-state index in [1.54, 1.807) is 0 Å². The van der Waals surface area contributed by atoms with Crippen molar-refractivity contribution in [1.29, 1.82) is 0 Å². The molecular weight excluding hydrogens is 176 g/mol. The molecule has 0 bridgehead atoms. The molecule has 1 heterocycles. The van der Waals surface area contributed by atoms with Crippen molar-refractivity contribution in [2.24, 2.45) is 0 Å². The molecular formula is C11H22N2O. The third-order valence-electron chi connectivity index (χ3n) is 3.76. The zero-order valence-corrected chi connectivity index (χ0v) is 9.24. The normalized spacial score (nSPS) is 44.8. The Morgan fingerprint density at radius 3 is 2.50 bits per heavy atom. The van der Waals surface area contributed by atoms with Crippen molar-refractivity contribution in [3.8, 4) is 0 Å². The number of likely N-dealkylation sites (tertiary alicyclic amines) is 1. The van der Waals surface area contributed by atoms with Crippen molar-refractivity contribution in [1.82, 2.24) is 10.2 Å². The van der Waals surface area contributed by atoms with Crippen LogP contribution in [0.4, 0.5) is 0 Å². The van der Waals surface area contributed by atoms with Crippen LogP contribution in [0.3, 0.4) is 0 Å². The maximum Gasteiger partial charge on any atom is 0.0555 e. The minimum absolute atomic E-state index is 0.0518. The van der Waals surface area contributed by atoms with Crippen LogP contribution in [-0.4, -0.2) is 47.8 Å². The van der Waals surface area contributed by atoms with Gasteiger partial charge in [0.1, 0.15) is 0 Å². The van der Waals surface area contributed by atoms with Crippen LogP contribution in [0.2, 0.25) is 0 Å². The van der Waals surface area contributed by atoms with Crippen molar-refractivity contribution in [2.75, 3.05) is 13.6 Å². The number of nitrogens with zero attached hydrogens (tertiary/aromatic N) is 1. The summed E-state index contributed by atoms with van der Waals surface area (Å²) in [7, 11) is 2.19.